The molecule has 0 unspecified atom stereocenters. The van der Waals surface area contributed by atoms with E-state index in [0.717, 1.165) is 49.0 Å². The van der Waals surface area contributed by atoms with Crippen LogP contribution in [0, 0.1) is 18.8 Å². The Morgan fingerprint density at radius 1 is 1.28 bits per heavy atom. The number of unbranched alkanes of at least 4 members (excludes halogenated alkanes) is 1. The molecular weight excluding hydrogens is 312 g/mol. The van der Waals surface area contributed by atoms with Crippen LogP contribution in [0.25, 0.3) is 0 Å². The zero-order chi connectivity index (χ0) is 18.2. The molecular formula is C19H36N6. The lowest BCUT2D eigenvalue weighted by Crippen LogP contribution is -2.42. The molecule has 1 saturated carbocycles. The lowest BCUT2D eigenvalue weighted by Gasteiger charge is -2.31. The first-order valence-corrected chi connectivity index (χ1v) is 9.85. The van der Waals surface area contributed by atoms with Gasteiger partial charge in [0.1, 0.15) is 12.4 Å². The number of guanidine groups is 1. The van der Waals surface area contributed by atoms with E-state index >= 15 is 0 Å². The van der Waals surface area contributed by atoms with E-state index in [0.29, 0.717) is 6.54 Å². The van der Waals surface area contributed by atoms with Crippen LogP contribution in [-0.2, 0) is 13.6 Å². The van der Waals surface area contributed by atoms with E-state index in [9.17, 15) is 0 Å². The number of hydrogen-bond acceptors (Lipinski definition) is 3. The molecule has 2 rings (SSSR count). The van der Waals surface area contributed by atoms with Crippen molar-refractivity contribution in [2.24, 2.45) is 23.9 Å². The van der Waals surface area contributed by atoms with Gasteiger partial charge < -0.3 is 14.8 Å². The van der Waals surface area contributed by atoms with Gasteiger partial charge in [-0.25, -0.2) is 4.99 Å². The molecule has 0 bridgehead atoms. The molecule has 0 radical (unpaired) electrons. The van der Waals surface area contributed by atoms with Crippen LogP contribution in [0.4, 0.5) is 0 Å². The van der Waals surface area contributed by atoms with E-state index < -0.39 is 0 Å². The maximum Gasteiger partial charge on any atom is 0.194 e. The fraction of sp³-hybridized carbons (Fsp3) is 0.842. The first-order chi connectivity index (χ1) is 12.0. The fourth-order valence-corrected chi connectivity index (χ4v) is 3.41. The van der Waals surface area contributed by atoms with Crippen molar-refractivity contribution in [3.8, 4) is 0 Å². The maximum absolute atomic E-state index is 4.83. The summed E-state index contributed by atoms with van der Waals surface area (Å²) >= 11 is 0. The standard InChI is InChI=1S/C19H36N6/c1-6-7-12-20-19(21-13-18-23-22-16(3)25(18)5)24(4)14-17-10-8-15(2)9-11-17/h15,17H,6-14H2,1-5H3,(H,20,21). The number of nitrogens with one attached hydrogen (secondary N) is 1. The third kappa shape index (κ3) is 6.01. The Labute approximate surface area is 153 Å². The zero-order valence-electron chi connectivity index (χ0n) is 16.8. The van der Waals surface area contributed by atoms with Crippen molar-refractivity contribution < 1.29 is 0 Å². The molecule has 0 atom stereocenters. The third-order valence-corrected chi connectivity index (χ3v) is 5.40. The molecule has 1 heterocycles. The van der Waals surface area contributed by atoms with E-state index in [1.165, 1.54) is 32.1 Å². The average molecular weight is 349 g/mol. The van der Waals surface area contributed by atoms with Crippen LogP contribution in [-0.4, -0.2) is 45.8 Å². The second-order valence-electron chi connectivity index (χ2n) is 7.65. The van der Waals surface area contributed by atoms with Gasteiger partial charge in [-0.2, -0.15) is 0 Å². The number of nitrogens with zero attached hydrogens (tertiary/aromatic N) is 5. The summed E-state index contributed by atoms with van der Waals surface area (Å²) in [6.45, 7) is 9.19. The highest BCUT2D eigenvalue weighted by molar-refractivity contribution is 5.79. The van der Waals surface area contributed by atoms with Gasteiger partial charge in [0.25, 0.3) is 0 Å². The minimum absolute atomic E-state index is 0.567. The van der Waals surface area contributed by atoms with Gasteiger partial charge in [-0.1, -0.05) is 33.1 Å². The molecule has 1 aliphatic rings. The second-order valence-corrected chi connectivity index (χ2v) is 7.65. The van der Waals surface area contributed by atoms with Gasteiger partial charge in [0.2, 0.25) is 0 Å². The van der Waals surface area contributed by atoms with Gasteiger partial charge in [-0.15, -0.1) is 10.2 Å². The lowest BCUT2D eigenvalue weighted by atomic mass is 9.83. The minimum Gasteiger partial charge on any atom is -0.356 e. The summed E-state index contributed by atoms with van der Waals surface area (Å²) in [5.41, 5.74) is 0. The molecule has 142 valence electrons. The van der Waals surface area contributed by atoms with E-state index in [1.807, 2.05) is 18.5 Å². The predicted molar refractivity (Wildman–Crippen MR) is 104 cm³/mol. The Morgan fingerprint density at radius 2 is 2.00 bits per heavy atom. The molecule has 6 nitrogen and oxygen atoms in total. The van der Waals surface area contributed by atoms with E-state index in [4.69, 9.17) is 4.99 Å². The average Bonchev–Trinajstić information content (AvgIpc) is 2.92. The summed E-state index contributed by atoms with van der Waals surface area (Å²) in [4.78, 5) is 7.13. The van der Waals surface area contributed by atoms with Crippen molar-refractivity contribution in [3.63, 3.8) is 0 Å². The van der Waals surface area contributed by atoms with Crippen LogP contribution in [0.15, 0.2) is 4.99 Å². The smallest absolute Gasteiger partial charge is 0.194 e. The molecule has 0 aromatic carbocycles. The van der Waals surface area contributed by atoms with Crippen LogP contribution in [0.2, 0.25) is 0 Å². The normalized spacial score (nSPS) is 21.4. The van der Waals surface area contributed by atoms with E-state index in [1.54, 1.807) is 0 Å². The van der Waals surface area contributed by atoms with Gasteiger partial charge in [0.15, 0.2) is 11.8 Å². The Morgan fingerprint density at radius 3 is 2.60 bits per heavy atom. The molecule has 1 aromatic heterocycles. The van der Waals surface area contributed by atoms with Crippen molar-refractivity contribution in [1.82, 2.24) is 25.0 Å². The summed E-state index contributed by atoms with van der Waals surface area (Å²) in [5, 5.41) is 11.9. The largest absolute Gasteiger partial charge is 0.356 e. The minimum atomic E-state index is 0.567. The SMILES string of the molecule is CCCCNC(=NCc1nnc(C)n1C)N(C)CC1CCC(C)CC1. The van der Waals surface area contributed by atoms with Crippen LogP contribution >= 0.6 is 0 Å². The number of aryl methyl sites for hydroxylation is 1. The van der Waals surface area contributed by atoms with Gasteiger partial charge in [0, 0.05) is 27.2 Å². The summed E-state index contributed by atoms with van der Waals surface area (Å²) in [5.74, 6) is 4.52. The Balaban J connectivity index is 1.97. The first-order valence-electron chi connectivity index (χ1n) is 9.85. The summed E-state index contributed by atoms with van der Waals surface area (Å²) in [6, 6.07) is 0. The molecule has 0 amide bonds. The number of aromatic nitrogens is 3. The van der Waals surface area contributed by atoms with Crippen molar-refractivity contribution >= 4 is 5.96 Å². The highest BCUT2D eigenvalue weighted by Gasteiger charge is 2.20. The molecule has 1 N–H and O–H groups in total. The summed E-state index contributed by atoms with van der Waals surface area (Å²) in [6.07, 6.45) is 7.77. The highest BCUT2D eigenvalue weighted by atomic mass is 15.3. The summed E-state index contributed by atoms with van der Waals surface area (Å²) in [7, 11) is 4.16. The first kappa shape index (κ1) is 19.7. The molecule has 0 saturated heterocycles. The fourth-order valence-electron chi connectivity index (χ4n) is 3.41. The van der Waals surface area contributed by atoms with Gasteiger partial charge in [-0.05, 0) is 38.0 Å². The summed E-state index contributed by atoms with van der Waals surface area (Å²) < 4.78 is 2.01. The Kier molecular flexibility index (Phi) is 7.72. The van der Waals surface area contributed by atoms with Gasteiger partial charge >= 0.3 is 0 Å². The lowest BCUT2D eigenvalue weighted by molar-refractivity contribution is 0.250. The monoisotopic (exact) mass is 348 g/mol. The molecule has 1 aromatic rings. The van der Waals surface area contributed by atoms with Crippen LogP contribution < -0.4 is 5.32 Å². The highest BCUT2D eigenvalue weighted by Crippen LogP contribution is 2.28. The van der Waals surface area contributed by atoms with Crippen LogP contribution in [0.5, 0.6) is 0 Å². The number of hydrogen-bond donors (Lipinski definition) is 1. The van der Waals surface area contributed by atoms with Crippen LogP contribution in [0.1, 0.15) is 64.0 Å². The molecule has 0 spiro atoms. The second kappa shape index (κ2) is 9.78. The molecule has 0 aliphatic heterocycles. The van der Waals surface area contributed by atoms with Crippen molar-refractivity contribution in [3.05, 3.63) is 11.6 Å². The Bertz CT molecular complexity index is 542. The Hall–Kier alpha value is -1.59. The predicted octanol–water partition coefficient (Wildman–Crippen LogP) is 3.13. The topological polar surface area (TPSA) is 58.3 Å². The van der Waals surface area contributed by atoms with Gasteiger partial charge in [-0.3, -0.25) is 0 Å². The molecule has 6 heteroatoms. The van der Waals surface area contributed by atoms with Gasteiger partial charge in [0.05, 0.1) is 0 Å². The van der Waals surface area contributed by atoms with E-state index in [2.05, 4.69) is 41.3 Å². The zero-order valence-corrected chi connectivity index (χ0v) is 16.8. The number of aliphatic imine (C=N–C) groups is 1. The van der Waals surface area contributed by atoms with Crippen molar-refractivity contribution in [2.75, 3.05) is 20.1 Å². The van der Waals surface area contributed by atoms with Crippen LogP contribution in [0.3, 0.4) is 0 Å². The van der Waals surface area contributed by atoms with Crippen molar-refractivity contribution in [1.29, 1.82) is 0 Å². The van der Waals surface area contributed by atoms with E-state index in [-0.39, 0.29) is 0 Å². The molecule has 25 heavy (non-hydrogen) atoms. The van der Waals surface area contributed by atoms with Crippen molar-refractivity contribution in [2.45, 2.75) is 65.8 Å². The number of rotatable bonds is 7. The quantitative estimate of drug-likeness (QED) is 0.467. The third-order valence-electron chi connectivity index (χ3n) is 5.40. The molecule has 1 aliphatic carbocycles. The molecule has 1 fully saturated rings. The maximum atomic E-state index is 4.83.